The first-order valence-corrected chi connectivity index (χ1v) is 8.80. The second-order valence-corrected chi connectivity index (χ2v) is 6.74. The molecule has 0 aromatic carbocycles. The van der Waals surface area contributed by atoms with E-state index in [1.165, 1.54) is 0 Å². The van der Waals surface area contributed by atoms with Gasteiger partial charge in [-0.25, -0.2) is 9.97 Å². The SMILES string of the molecule is Cc1cc(C)nc(C2CN(C(=O)CN(C)Cc3cccnc3)CCO2)n1. The molecule has 1 atom stereocenters. The van der Waals surface area contributed by atoms with Gasteiger partial charge in [0, 0.05) is 36.9 Å². The van der Waals surface area contributed by atoms with Crippen molar-refractivity contribution in [3.05, 3.63) is 53.4 Å². The molecule has 0 saturated carbocycles. The summed E-state index contributed by atoms with van der Waals surface area (Å²) in [6.45, 7) is 6.51. The summed E-state index contributed by atoms with van der Waals surface area (Å²) in [4.78, 5) is 29.6. The molecule has 138 valence electrons. The number of likely N-dealkylation sites (N-methyl/N-ethyl adjacent to an activating group) is 1. The Morgan fingerprint density at radius 2 is 2.12 bits per heavy atom. The smallest absolute Gasteiger partial charge is 0.236 e. The molecule has 0 bridgehead atoms. The molecule has 0 radical (unpaired) electrons. The summed E-state index contributed by atoms with van der Waals surface area (Å²) in [6, 6.07) is 5.85. The number of hydrogen-bond acceptors (Lipinski definition) is 6. The Balaban J connectivity index is 1.59. The highest BCUT2D eigenvalue weighted by molar-refractivity contribution is 5.78. The van der Waals surface area contributed by atoms with E-state index >= 15 is 0 Å². The van der Waals surface area contributed by atoms with Gasteiger partial charge in [-0.1, -0.05) is 6.07 Å². The van der Waals surface area contributed by atoms with Gasteiger partial charge in [0.05, 0.1) is 19.7 Å². The van der Waals surface area contributed by atoms with Gasteiger partial charge < -0.3 is 9.64 Å². The minimum Gasteiger partial charge on any atom is -0.367 e. The van der Waals surface area contributed by atoms with Crippen LogP contribution in [0, 0.1) is 13.8 Å². The minimum absolute atomic E-state index is 0.0917. The van der Waals surface area contributed by atoms with Gasteiger partial charge >= 0.3 is 0 Å². The van der Waals surface area contributed by atoms with Crippen molar-refractivity contribution in [2.75, 3.05) is 33.3 Å². The van der Waals surface area contributed by atoms with Crippen LogP contribution < -0.4 is 0 Å². The third-order valence-electron chi connectivity index (χ3n) is 4.29. The van der Waals surface area contributed by atoms with Crippen molar-refractivity contribution in [3.63, 3.8) is 0 Å². The van der Waals surface area contributed by atoms with E-state index < -0.39 is 0 Å². The van der Waals surface area contributed by atoms with E-state index in [1.54, 1.807) is 6.20 Å². The van der Waals surface area contributed by atoms with E-state index in [1.807, 2.05) is 55.1 Å². The van der Waals surface area contributed by atoms with E-state index in [-0.39, 0.29) is 12.0 Å². The Morgan fingerprint density at radius 1 is 1.35 bits per heavy atom. The standard InChI is InChI=1S/C19H25N5O2/c1-14-9-15(2)22-19(21-14)17-12-24(7-8-26-17)18(25)13-23(3)11-16-5-4-6-20-10-16/h4-6,9-10,17H,7-8,11-13H2,1-3H3. The van der Waals surface area contributed by atoms with Crippen molar-refractivity contribution in [1.82, 2.24) is 24.8 Å². The number of rotatable bonds is 5. The average molecular weight is 355 g/mol. The fourth-order valence-electron chi connectivity index (χ4n) is 3.12. The Bertz CT molecular complexity index is 733. The normalized spacial score (nSPS) is 17.5. The third-order valence-corrected chi connectivity index (χ3v) is 4.29. The molecule has 3 heterocycles. The summed E-state index contributed by atoms with van der Waals surface area (Å²) in [7, 11) is 1.94. The largest absolute Gasteiger partial charge is 0.367 e. The van der Waals surface area contributed by atoms with E-state index in [9.17, 15) is 4.79 Å². The second kappa shape index (κ2) is 8.33. The molecule has 1 saturated heterocycles. The average Bonchev–Trinajstić information content (AvgIpc) is 2.61. The van der Waals surface area contributed by atoms with Crippen molar-refractivity contribution in [2.24, 2.45) is 0 Å². The van der Waals surface area contributed by atoms with Gasteiger partial charge in [-0.15, -0.1) is 0 Å². The van der Waals surface area contributed by atoms with Crippen molar-refractivity contribution in [2.45, 2.75) is 26.5 Å². The molecule has 1 aliphatic heterocycles. The Kier molecular flexibility index (Phi) is 5.90. The number of aromatic nitrogens is 3. The summed E-state index contributed by atoms with van der Waals surface area (Å²) in [5.74, 6) is 0.748. The first-order chi connectivity index (χ1) is 12.5. The number of pyridine rings is 1. The highest BCUT2D eigenvalue weighted by Gasteiger charge is 2.27. The summed E-state index contributed by atoms with van der Waals surface area (Å²) < 4.78 is 5.81. The second-order valence-electron chi connectivity index (χ2n) is 6.74. The Labute approximate surface area is 154 Å². The van der Waals surface area contributed by atoms with Crippen LogP contribution in [0.15, 0.2) is 30.6 Å². The molecule has 1 unspecified atom stereocenters. The highest BCUT2D eigenvalue weighted by Crippen LogP contribution is 2.20. The first-order valence-electron chi connectivity index (χ1n) is 8.80. The number of carbonyl (C=O) groups excluding carboxylic acids is 1. The van der Waals surface area contributed by atoms with Gasteiger partial charge in [0.2, 0.25) is 5.91 Å². The molecule has 1 amide bonds. The molecule has 0 spiro atoms. The Hall–Kier alpha value is -2.38. The molecule has 3 rings (SSSR count). The number of ether oxygens (including phenoxy) is 1. The van der Waals surface area contributed by atoms with Gasteiger partial charge in [0.15, 0.2) is 5.82 Å². The number of amides is 1. The quantitative estimate of drug-likeness (QED) is 0.810. The molecule has 0 N–H and O–H groups in total. The van der Waals surface area contributed by atoms with E-state index in [4.69, 9.17) is 4.74 Å². The summed E-state index contributed by atoms with van der Waals surface area (Å²) in [6.07, 6.45) is 3.30. The topological polar surface area (TPSA) is 71.5 Å². The zero-order chi connectivity index (χ0) is 18.5. The van der Waals surface area contributed by atoms with Crippen LogP contribution in [0.25, 0.3) is 0 Å². The predicted octanol–water partition coefficient (Wildman–Crippen LogP) is 1.52. The maximum absolute atomic E-state index is 12.7. The fraction of sp³-hybridized carbons (Fsp3) is 0.474. The van der Waals surface area contributed by atoms with Crippen LogP contribution in [-0.4, -0.2) is 63.9 Å². The van der Waals surface area contributed by atoms with Crippen molar-refractivity contribution in [1.29, 1.82) is 0 Å². The van der Waals surface area contributed by atoms with Crippen LogP contribution in [0.3, 0.4) is 0 Å². The lowest BCUT2D eigenvalue weighted by Crippen LogP contribution is -2.46. The fourth-order valence-corrected chi connectivity index (χ4v) is 3.12. The number of nitrogens with zero attached hydrogens (tertiary/aromatic N) is 5. The van der Waals surface area contributed by atoms with Crippen LogP contribution in [0.1, 0.15) is 28.9 Å². The van der Waals surface area contributed by atoms with Gasteiger partial charge in [-0.05, 0) is 38.6 Å². The van der Waals surface area contributed by atoms with E-state index in [2.05, 4.69) is 15.0 Å². The van der Waals surface area contributed by atoms with Crippen molar-refractivity contribution in [3.8, 4) is 0 Å². The molecule has 7 heteroatoms. The van der Waals surface area contributed by atoms with Crippen LogP contribution in [0.2, 0.25) is 0 Å². The van der Waals surface area contributed by atoms with E-state index in [0.29, 0.717) is 38.6 Å². The molecule has 0 aliphatic carbocycles. The number of aryl methyl sites for hydroxylation is 2. The van der Waals surface area contributed by atoms with Gasteiger partial charge in [-0.2, -0.15) is 0 Å². The zero-order valence-corrected chi connectivity index (χ0v) is 15.6. The number of carbonyl (C=O) groups is 1. The molecule has 26 heavy (non-hydrogen) atoms. The minimum atomic E-state index is -0.269. The number of morpholine rings is 1. The van der Waals surface area contributed by atoms with Crippen LogP contribution >= 0.6 is 0 Å². The van der Waals surface area contributed by atoms with Crippen molar-refractivity contribution >= 4 is 5.91 Å². The van der Waals surface area contributed by atoms with Crippen LogP contribution in [0.5, 0.6) is 0 Å². The summed E-state index contributed by atoms with van der Waals surface area (Å²) in [5.41, 5.74) is 2.91. The van der Waals surface area contributed by atoms with Gasteiger partial charge in [0.25, 0.3) is 0 Å². The maximum atomic E-state index is 12.7. The van der Waals surface area contributed by atoms with Gasteiger partial charge in [0.1, 0.15) is 6.10 Å². The lowest BCUT2D eigenvalue weighted by atomic mass is 10.2. The predicted molar refractivity (Wildman–Crippen MR) is 97.4 cm³/mol. The third kappa shape index (κ3) is 4.83. The lowest BCUT2D eigenvalue weighted by molar-refractivity contribution is -0.140. The van der Waals surface area contributed by atoms with Crippen LogP contribution in [-0.2, 0) is 16.1 Å². The van der Waals surface area contributed by atoms with E-state index in [0.717, 1.165) is 17.0 Å². The summed E-state index contributed by atoms with van der Waals surface area (Å²) >= 11 is 0. The molecular weight excluding hydrogens is 330 g/mol. The molecule has 2 aromatic rings. The monoisotopic (exact) mass is 355 g/mol. The van der Waals surface area contributed by atoms with Gasteiger partial charge in [-0.3, -0.25) is 14.7 Å². The lowest BCUT2D eigenvalue weighted by Gasteiger charge is -2.33. The molecule has 2 aromatic heterocycles. The highest BCUT2D eigenvalue weighted by atomic mass is 16.5. The molecular formula is C19H25N5O2. The maximum Gasteiger partial charge on any atom is 0.236 e. The zero-order valence-electron chi connectivity index (χ0n) is 15.6. The van der Waals surface area contributed by atoms with Crippen LogP contribution in [0.4, 0.5) is 0 Å². The number of hydrogen-bond donors (Lipinski definition) is 0. The molecule has 1 aliphatic rings. The van der Waals surface area contributed by atoms with Crippen molar-refractivity contribution < 1.29 is 9.53 Å². The molecule has 1 fully saturated rings. The summed E-state index contributed by atoms with van der Waals surface area (Å²) in [5, 5.41) is 0. The molecule has 7 nitrogen and oxygen atoms in total. The first kappa shape index (κ1) is 18.4. The Morgan fingerprint density at radius 3 is 2.81 bits per heavy atom.